The first-order chi connectivity index (χ1) is 10.7. The van der Waals surface area contributed by atoms with Crippen LogP contribution in [-0.2, 0) is 9.59 Å². The number of benzene rings is 1. The number of methoxy groups -OCH3 is 1. The largest absolute Gasteiger partial charge is 0.495 e. The summed E-state index contributed by atoms with van der Waals surface area (Å²) in [7, 11) is 1.55. The van der Waals surface area contributed by atoms with E-state index in [-0.39, 0.29) is 18.2 Å². The zero-order valence-electron chi connectivity index (χ0n) is 11.9. The number of anilines is 2. The van der Waals surface area contributed by atoms with Crippen molar-refractivity contribution in [2.75, 3.05) is 23.9 Å². The summed E-state index contributed by atoms with van der Waals surface area (Å²) in [6.45, 7) is 0.323. The predicted molar refractivity (Wildman–Crippen MR) is 82.0 cm³/mol. The Bertz CT molecular complexity index is 689. The van der Waals surface area contributed by atoms with E-state index in [1.807, 2.05) is 18.2 Å². The van der Waals surface area contributed by atoms with Gasteiger partial charge in [0.15, 0.2) is 0 Å². The van der Waals surface area contributed by atoms with Gasteiger partial charge in [0.1, 0.15) is 11.3 Å². The van der Waals surface area contributed by atoms with Crippen LogP contribution < -0.4 is 15.0 Å². The van der Waals surface area contributed by atoms with Crippen LogP contribution in [0.4, 0.5) is 10.8 Å². The number of rotatable bonds is 4. The molecule has 2 aromatic rings. The monoisotopic (exact) mass is 318 g/mol. The Morgan fingerprint density at radius 3 is 3.00 bits per heavy atom. The molecule has 0 aliphatic carbocycles. The van der Waals surface area contributed by atoms with Gasteiger partial charge >= 0.3 is 0 Å². The van der Waals surface area contributed by atoms with E-state index < -0.39 is 5.92 Å². The van der Waals surface area contributed by atoms with Crippen molar-refractivity contribution >= 4 is 34.0 Å². The molecular formula is C14H14N4O3S. The minimum Gasteiger partial charge on any atom is -0.495 e. The summed E-state index contributed by atoms with van der Waals surface area (Å²) in [6, 6.07) is 7.27. The van der Waals surface area contributed by atoms with Crippen molar-refractivity contribution in [3.63, 3.8) is 0 Å². The van der Waals surface area contributed by atoms with Crippen LogP contribution in [0.25, 0.3) is 0 Å². The molecule has 1 fully saturated rings. The average Bonchev–Trinajstić information content (AvgIpc) is 3.16. The Hall–Kier alpha value is -2.48. The van der Waals surface area contributed by atoms with Gasteiger partial charge in [0.05, 0.1) is 18.7 Å². The Morgan fingerprint density at radius 1 is 1.45 bits per heavy atom. The molecule has 8 heteroatoms. The number of aromatic nitrogens is 2. The molecule has 0 saturated carbocycles. The average molecular weight is 318 g/mol. The number of carbonyl (C=O) groups excluding carboxylic acids is 2. The van der Waals surface area contributed by atoms with Gasteiger partial charge in [-0.05, 0) is 12.1 Å². The number of ether oxygens (including phenoxy) is 1. The van der Waals surface area contributed by atoms with Crippen LogP contribution in [0.15, 0.2) is 29.8 Å². The standard InChI is InChI=1S/C14H14N4O3S/c1-21-11-5-3-2-4-10(11)18-7-9(6-12(18)19)13(20)16-14-17-15-8-22-14/h2-5,8-9H,6-7H2,1H3,(H,16,17,20)/t9-/m0/s1. The number of para-hydroxylation sites is 2. The molecule has 1 aliphatic rings. The number of hydrogen-bond donors (Lipinski definition) is 1. The molecule has 114 valence electrons. The first kappa shape index (κ1) is 14.5. The number of nitrogens with zero attached hydrogens (tertiary/aromatic N) is 3. The maximum Gasteiger partial charge on any atom is 0.231 e. The van der Waals surface area contributed by atoms with Crippen molar-refractivity contribution in [1.82, 2.24) is 10.2 Å². The fourth-order valence-electron chi connectivity index (χ4n) is 2.40. The van der Waals surface area contributed by atoms with Crippen molar-refractivity contribution < 1.29 is 14.3 Å². The van der Waals surface area contributed by atoms with Gasteiger partial charge in [-0.3, -0.25) is 9.59 Å². The summed E-state index contributed by atoms with van der Waals surface area (Å²) >= 11 is 1.24. The molecule has 1 saturated heterocycles. The topological polar surface area (TPSA) is 84.4 Å². The molecule has 1 aliphatic heterocycles. The Kier molecular flexibility index (Phi) is 4.01. The summed E-state index contributed by atoms with van der Waals surface area (Å²) in [6.07, 6.45) is 0.169. The molecule has 0 unspecified atom stereocenters. The third kappa shape index (κ3) is 2.77. The second-order valence-corrected chi connectivity index (χ2v) is 5.64. The highest BCUT2D eigenvalue weighted by Gasteiger charge is 2.36. The van der Waals surface area contributed by atoms with E-state index >= 15 is 0 Å². The maximum atomic E-state index is 12.2. The minimum atomic E-state index is -0.415. The van der Waals surface area contributed by atoms with Gasteiger partial charge in [-0.2, -0.15) is 0 Å². The lowest BCUT2D eigenvalue weighted by molar-refractivity contribution is -0.122. The molecule has 1 aromatic carbocycles. The summed E-state index contributed by atoms with van der Waals surface area (Å²) in [4.78, 5) is 26.0. The van der Waals surface area contributed by atoms with E-state index in [1.165, 1.54) is 16.8 Å². The zero-order valence-corrected chi connectivity index (χ0v) is 12.7. The summed E-state index contributed by atoms with van der Waals surface area (Å²) < 4.78 is 5.28. The van der Waals surface area contributed by atoms with Gasteiger partial charge in [-0.25, -0.2) is 0 Å². The zero-order chi connectivity index (χ0) is 15.5. The molecule has 0 spiro atoms. The highest BCUT2D eigenvalue weighted by molar-refractivity contribution is 7.13. The molecule has 22 heavy (non-hydrogen) atoms. The molecule has 0 radical (unpaired) electrons. The van der Waals surface area contributed by atoms with E-state index in [2.05, 4.69) is 15.5 Å². The molecule has 0 bridgehead atoms. The van der Waals surface area contributed by atoms with Gasteiger partial charge in [-0.1, -0.05) is 23.5 Å². The Morgan fingerprint density at radius 2 is 2.27 bits per heavy atom. The van der Waals surface area contributed by atoms with Gasteiger partial charge < -0.3 is 15.0 Å². The van der Waals surface area contributed by atoms with Crippen LogP contribution in [-0.4, -0.2) is 35.7 Å². The molecule has 3 rings (SSSR count). The van der Waals surface area contributed by atoms with Gasteiger partial charge in [0.2, 0.25) is 16.9 Å². The van der Waals surface area contributed by atoms with Crippen LogP contribution in [0.5, 0.6) is 5.75 Å². The molecule has 7 nitrogen and oxygen atoms in total. The second kappa shape index (κ2) is 6.10. The van der Waals surface area contributed by atoms with Crippen molar-refractivity contribution in [2.24, 2.45) is 5.92 Å². The van der Waals surface area contributed by atoms with Crippen molar-refractivity contribution in [1.29, 1.82) is 0 Å². The quantitative estimate of drug-likeness (QED) is 0.924. The van der Waals surface area contributed by atoms with Gasteiger partial charge in [0.25, 0.3) is 0 Å². The fraction of sp³-hybridized carbons (Fsp3) is 0.286. The maximum absolute atomic E-state index is 12.2. The normalized spacial score (nSPS) is 17.6. The van der Waals surface area contributed by atoms with E-state index in [0.717, 1.165) is 0 Å². The van der Waals surface area contributed by atoms with Crippen LogP contribution in [0.3, 0.4) is 0 Å². The highest BCUT2D eigenvalue weighted by Crippen LogP contribution is 2.33. The number of nitrogens with one attached hydrogen (secondary N) is 1. The lowest BCUT2D eigenvalue weighted by Gasteiger charge is -2.19. The smallest absolute Gasteiger partial charge is 0.231 e. The fourth-order valence-corrected chi connectivity index (χ4v) is 2.85. The van der Waals surface area contributed by atoms with Crippen LogP contribution in [0, 0.1) is 5.92 Å². The highest BCUT2D eigenvalue weighted by atomic mass is 32.1. The van der Waals surface area contributed by atoms with Crippen molar-refractivity contribution in [3.8, 4) is 5.75 Å². The summed E-state index contributed by atoms with van der Waals surface area (Å²) in [5.41, 5.74) is 2.22. The minimum absolute atomic E-state index is 0.0955. The lowest BCUT2D eigenvalue weighted by atomic mass is 10.1. The first-order valence-electron chi connectivity index (χ1n) is 6.69. The first-order valence-corrected chi connectivity index (χ1v) is 7.57. The van der Waals surface area contributed by atoms with Crippen molar-refractivity contribution in [2.45, 2.75) is 6.42 Å². The number of carbonyl (C=O) groups is 2. The molecule has 2 heterocycles. The Labute approximate surface area is 130 Å². The predicted octanol–water partition coefficient (Wildman–Crippen LogP) is 1.54. The van der Waals surface area contributed by atoms with E-state index in [4.69, 9.17) is 4.74 Å². The number of hydrogen-bond acceptors (Lipinski definition) is 6. The third-order valence-electron chi connectivity index (χ3n) is 3.46. The Balaban J connectivity index is 1.74. The summed E-state index contributed by atoms with van der Waals surface area (Å²) in [5.74, 6) is -0.119. The van der Waals surface area contributed by atoms with Crippen LogP contribution in [0.2, 0.25) is 0 Å². The van der Waals surface area contributed by atoms with E-state index in [1.54, 1.807) is 18.1 Å². The van der Waals surface area contributed by atoms with Crippen LogP contribution in [0.1, 0.15) is 6.42 Å². The molecular weight excluding hydrogens is 304 g/mol. The summed E-state index contributed by atoms with van der Waals surface area (Å²) in [5, 5.41) is 10.6. The SMILES string of the molecule is COc1ccccc1N1C[C@@H](C(=O)Nc2nncs2)CC1=O. The van der Waals surface area contributed by atoms with Crippen molar-refractivity contribution in [3.05, 3.63) is 29.8 Å². The molecule has 1 aromatic heterocycles. The second-order valence-electron chi connectivity index (χ2n) is 4.81. The van der Waals surface area contributed by atoms with Gasteiger partial charge in [0, 0.05) is 13.0 Å². The third-order valence-corrected chi connectivity index (χ3v) is 4.07. The van der Waals surface area contributed by atoms with Crippen LogP contribution >= 0.6 is 11.3 Å². The number of amides is 2. The van der Waals surface area contributed by atoms with Gasteiger partial charge in [-0.15, -0.1) is 10.2 Å². The molecule has 2 amide bonds. The lowest BCUT2D eigenvalue weighted by Crippen LogP contribution is -2.28. The molecule has 1 atom stereocenters. The molecule has 1 N–H and O–H groups in total. The van der Waals surface area contributed by atoms with E-state index in [0.29, 0.717) is 23.1 Å². The van der Waals surface area contributed by atoms with E-state index in [9.17, 15) is 9.59 Å².